The van der Waals surface area contributed by atoms with Crippen molar-refractivity contribution in [3.63, 3.8) is 0 Å². The van der Waals surface area contributed by atoms with E-state index in [2.05, 4.69) is 27.5 Å². The van der Waals surface area contributed by atoms with E-state index in [1.165, 1.54) is 5.57 Å². The minimum Gasteiger partial charge on any atom is -0.313 e. The van der Waals surface area contributed by atoms with Crippen LogP contribution in [0, 0.1) is 5.82 Å². The van der Waals surface area contributed by atoms with E-state index in [0.29, 0.717) is 5.52 Å². The van der Waals surface area contributed by atoms with Gasteiger partial charge < -0.3 is 5.32 Å². The first kappa shape index (κ1) is 18.1. The van der Waals surface area contributed by atoms with Crippen molar-refractivity contribution in [2.45, 2.75) is 6.42 Å². The van der Waals surface area contributed by atoms with Crippen molar-refractivity contribution in [1.82, 2.24) is 20.1 Å². The summed E-state index contributed by atoms with van der Waals surface area (Å²) in [6.07, 6.45) is 5.06. The normalized spacial score (nSPS) is 14.4. The van der Waals surface area contributed by atoms with Crippen molar-refractivity contribution < 1.29 is 4.39 Å². The summed E-state index contributed by atoms with van der Waals surface area (Å²) in [6.45, 7) is 1.80. The largest absolute Gasteiger partial charge is 0.313 e. The van der Waals surface area contributed by atoms with Crippen molar-refractivity contribution in [3.8, 4) is 11.1 Å². The fraction of sp³-hybridized carbons (Fsp3) is 0.200. The molecule has 0 unspecified atom stereocenters. The molecule has 0 aliphatic carbocycles. The molecule has 3 heterocycles. The van der Waals surface area contributed by atoms with Crippen LogP contribution in [-0.2, 0) is 7.05 Å². The fourth-order valence-corrected chi connectivity index (χ4v) is 4.53. The van der Waals surface area contributed by atoms with Crippen molar-refractivity contribution in [3.05, 3.63) is 53.4 Å². The third-order valence-corrected chi connectivity index (χ3v) is 5.82. The van der Waals surface area contributed by atoms with Gasteiger partial charge in [-0.25, -0.2) is 9.37 Å². The highest BCUT2D eigenvalue weighted by Gasteiger charge is 2.15. The summed E-state index contributed by atoms with van der Waals surface area (Å²) < 4.78 is 17.4. The highest BCUT2D eigenvalue weighted by Crippen LogP contribution is 2.34. The number of fused-ring (bicyclic) bond motifs is 2. The zero-order valence-corrected chi connectivity index (χ0v) is 16.3. The van der Waals surface area contributed by atoms with Gasteiger partial charge in [0.1, 0.15) is 10.5 Å². The molecule has 0 bridgehead atoms. The first-order chi connectivity index (χ1) is 12.7. The summed E-state index contributed by atoms with van der Waals surface area (Å²) >= 11 is 1.57. The van der Waals surface area contributed by atoms with Crippen LogP contribution in [0.3, 0.4) is 0 Å². The molecule has 7 heteroatoms. The lowest BCUT2D eigenvalue weighted by Crippen LogP contribution is -2.19. The molecular weight excluding hydrogens is 383 g/mol. The standard InChI is InChI=1S/C20H17FN4S.ClH/c1-25-11-15-8-13(2-3-17(15)24-25)14-9-16(21)19-18(10-14)26-20(23-19)12-4-6-22-7-5-12;/h2-4,8-11,22H,5-7H2,1H3;1H. The Morgan fingerprint density at radius 2 is 2.07 bits per heavy atom. The van der Waals surface area contributed by atoms with Gasteiger partial charge in [-0.2, -0.15) is 5.10 Å². The van der Waals surface area contributed by atoms with E-state index < -0.39 is 0 Å². The first-order valence-electron chi connectivity index (χ1n) is 8.61. The number of hydrogen-bond donors (Lipinski definition) is 1. The molecular formula is C20H18ClFN4S. The summed E-state index contributed by atoms with van der Waals surface area (Å²) in [7, 11) is 1.90. The summed E-state index contributed by atoms with van der Waals surface area (Å²) in [5, 5.41) is 9.67. The molecule has 27 heavy (non-hydrogen) atoms. The Morgan fingerprint density at radius 3 is 2.89 bits per heavy atom. The highest BCUT2D eigenvalue weighted by atomic mass is 35.5. The third kappa shape index (κ3) is 3.25. The van der Waals surface area contributed by atoms with Gasteiger partial charge in [-0.3, -0.25) is 4.68 Å². The number of benzene rings is 2. The molecule has 0 fully saturated rings. The third-order valence-electron chi connectivity index (χ3n) is 4.74. The van der Waals surface area contributed by atoms with Crippen LogP contribution in [0.2, 0.25) is 0 Å². The van der Waals surface area contributed by atoms with Crippen molar-refractivity contribution >= 4 is 50.4 Å². The van der Waals surface area contributed by atoms with Crippen molar-refractivity contribution in [2.75, 3.05) is 13.1 Å². The Kier molecular flexibility index (Phi) is 4.72. The van der Waals surface area contributed by atoms with E-state index in [9.17, 15) is 4.39 Å². The molecule has 138 valence electrons. The lowest BCUT2D eigenvalue weighted by atomic mass is 10.0. The molecule has 0 atom stereocenters. The second-order valence-corrected chi connectivity index (χ2v) is 7.61. The average Bonchev–Trinajstić information content (AvgIpc) is 3.24. The fourth-order valence-electron chi connectivity index (χ4n) is 3.44. The Morgan fingerprint density at radius 1 is 1.19 bits per heavy atom. The van der Waals surface area contributed by atoms with Gasteiger partial charge in [0.25, 0.3) is 0 Å². The Hall–Kier alpha value is -2.28. The smallest absolute Gasteiger partial charge is 0.150 e. The molecule has 4 nitrogen and oxygen atoms in total. The second-order valence-electron chi connectivity index (χ2n) is 6.58. The molecule has 1 aliphatic heterocycles. The molecule has 5 rings (SSSR count). The predicted molar refractivity (Wildman–Crippen MR) is 112 cm³/mol. The SMILES string of the molecule is Cl.Cn1cc2cc(-c3cc(F)c4nc(C5=CCNCC5)sc4c3)ccc2n1. The lowest BCUT2D eigenvalue weighted by Gasteiger charge is -2.10. The lowest BCUT2D eigenvalue weighted by molar-refractivity contribution is 0.637. The minimum absolute atomic E-state index is 0. The maximum absolute atomic E-state index is 14.7. The zero-order valence-electron chi connectivity index (χ0n) is 14.7. The van der Waals surface area contributed by atoms with E-state index in [0.717, 1.165) is 51.2 Å². The molecule has 4 aromatic rings. The number of hydrogen-bond acceptors (Lipinski definition) is 4. The average molecular weight is 401 g/mol. The van der Waals surface area contributed by atoms with Crippen LogP contribution in [0.1, 0.15) is 11.4 Å². The van der Waals surface area contributed by atoms with Gasteiger partial charge in [0, 0.05) is 25.2 Å². The van der Waals surface area contributed by atoms with Gasteiger partial charge in [0.2, 0.25) is 0 Å². The van der Waals surface area contributed by atoms with Gasteiger partial charge in [-0.05, 0) is 53.9 Å². The number of halogens is 2. The van der Waals surface area contributed by atoms with Crippen LogP contribution in [-0.4, -0.2) is 27.9 Å². The molecule has 1 N–H and O–H groups in total. The molecule has 0 radical (unpaired) electrons. The molecule has 0 saturated carbocycles. The van der Waals surface area contributed by atoms with Crippen LogP contribution < -0.4 is 5.32 Å². The summed E-state index contributed by atoms with van der Waals surface area (Å²) in [6, 6.07) is 9.65. The van der Waals surface area contributed by atoms with Crippen LogP contribution in [0.5, 0.6) is 0 Å². The second kappa shape index (κ2) is 7.03. The molecule has 0 spiro atoms. The zero-order chi connectivity index (χ0) is 17.7. The van der Waals surface area contributed by atoms with E-state index in [1.807, 2.05) is 31.4 Å². The summed E-state index contributed by atoms with van der Waals surface area (Å²) in [5.74, 6) is -0.263. The molecule has 0 amide bonds. The quantitative estimate of drug-likeness (QED) is 0.526. The topological polar surface area (TPSA) is 42.7 Å². The Balaban J connectivity index is 0.00000180. The van der Waals surface area contributed by atoms with E-state index in [1.54, 1.807) is 22.1 Å². The minimum atomic E-state index is -0.263. The van der Waals surface area contributed by atoms with Crippen LogP contribution >= 0.6 is 23.7 Å². The number of thiazole rings is 1. The van der Waals surface area contributed by atoms with Crippen molar-refractivity contribution in [1.29, 1.82) is 0 Å². The molecule has 2 aromatic heterocycles. The first-order valence-corrected chi connectivity index (χ1v) is 9.43. The van der Waals surface area contributed by atoms with E-state index >= 15 is 0 Å². The maximum atomic E-state index is 14.7. The monoisotopic (exact) mass is 400 g/mol. The van der Waals surface area contributed by atoms with Gasteiger partial charge in [-0.1, -0.05) is 12.1 Å². The highest BCUT2D eigenvalue weighted by molar-refractivity contribution is 7.19. The maximum Gasteiger partial charge on any atom is 0.150 e. The van der Waals surface area contributed by atoms with Gasteiger partial charge in [0.15, 0.2) is 5.82 Å². The number of aromatic nitrogens is 3. The van der Waals surface area contributed by atoms with Crippen molar-refractivity contribution in [2.24, 2.45) is 7.05 Å². The number of rotatable bonds is 2. The van der Waals surface area contributed by atoms with Gasteiger partial charge >= 0.3 is 0 Å². The number of nitrogens with zero attached hydrogens (tertiary/aromatic N) is 3. The van der Waals surface area contributed by atoms with Crippen LogP contribution in [0.4, 0.5) is 4.39 Å². The number of aryl methyl sites for hydroxylation is 1. The van der Waals surface area contributed by atoms with Gasteiger partial charge in [-0.15, -0.1) is 23.7 Å². The number of nitrogens with one attached hydrogen (secondary N) is 1. The predicted octanol–water partition coefficient (Wildman–Crippen LogP) is 4.79. The molecule has 2 aromatic carbocycles. The van der Waals surface area contributed by atoms with E-state index in [-0.39, 0.29) is 18.2 Å². The Labute approximate surface area is 166 Å². The van der Waals surface area contributed by atoms with Crippen LogP contribution in [0.25, 0.3) is 37.8 Å². The summed E-state index contributed by atoms with van der Waals surface area (Å²) in [4.78, 5) is 4.56. The van der Waals surface area contributed by atoms with Crippen LogP contribution in [0.15, 0.2) is 42.6 Å². The molecule has 1 aliphatic rings. The summed E-state index contributed by atoms with van der Waals surface area (Å²) in [5.41, 5.74) is 4.48. The van der Waals surface area contributed by atoms with Gasteiger partial charge in [0.05, 0.1) is 10.2 Å². The molecule has 0 saturated heterocycles. The van der Waals surface area contributed by atoms with E-state index in [4.69, 9.17) is 0 Å². The Bertz CT molecular complexity index is 1180.